The molecule has 0 fully saturated rings. The van der Waals surface area contributed by atoms with Crippen molar-refractivity contribution in [1.82, 2.24) is 52.8 Å². The number of aliphatic hydroxyl groups is 1. The fraction of sp³-hybridized carbons (Fsp3) is 0.529. The lowest BCUT2D eigenvalue weighted by Crippen LogP contribution is -2.61. The summed E-state index contributed by atoms with van der Waals surface area (Å²) in [5, 5.41) is 60.5. The van der Waals surface area contributed by atoms with Crippen LogP contribution in [0.4, 0.5) is 0 Å². The highest BCUT2D eigenvalue weighted by atomic mass is 16.4. The van der Waals surface area contributed by atoms with Gasteiger partial charge in [0.15, 0.2) is 0 Å². The second-order valence-corrected chi connectivity index (χ2v) is 19.5. The monoisotopic (exact) mass is 1110 g/mol. The van der Waals surface area contributed by atoms with Gasteiger partial charge < -0.3 is 74.0 Å². The number of pyridine rings is 1. The molecule has 0 unspecified atom stereocenters. The third-order valence-corrected chi connectivity index (χ3v) is 11.6. The van der Waals surface area contributed by atoms with Crippen molar-refractivity contribution in [3.63, 3.8) is 0 Å². The fourth-order valence-electron chi connectivity index (χ4n) is 7.69. The van der Waals surface area contributed by atoms with Gasteiger partial charge in [-0.05, 0) is 67.7 Å². The summed E-state index contributed by atoms with van der Waals surface area (Å²) in [6.45, 7) is 8.37. The standard InChI is InChI=1S/C51H73N11O17/c1-26(2)20-34(44(52)72)58-48(76)36(22-30-10-8-7-9-11-30)59-45(73)32(12-14-40(66)67)56-39(65)25-54-51(79)43(28(5)63)62-50(78)37(23-31-16-18-53-19-17-31)60-46(74)33(13-15-41(68)69)57-49(77)38(24-42(70)71)61-47(75)35(21-27(3)4)55-29(6)64/h7-11,16-19,26-28,32-38,43,63H,12-15,20-25H2,1-6H3,(H2,52,72)(H,54,79)(H,55,64)(H,56,65)(H,57,77)(H,58,76)(H,59,73)(H,60,74)(H,61,75)(H,62,78)(H,66,67)(H,68,69)(H,70,71)/t28-,32+,33+,34+,35+,36+,37+,38+,43+/m1/s1. The number of nitrogens with two attached hydrogens (primary N) is 1. The minimum atomic E-state index is -1.87. The largest absolute Gasteiger partial charge is 0.481 e. The quantitative estimate of drug-likeness (QED) is 0.0328. The minimum Gasteiger partial charge on any atom is -0.481 e. The maximum Gasteiger partial charge on any atom is 0.305 e. The Morgan fingerprint density at radius 3 is 1.38 bits per heavy atom. The van der Waals surface area contributed by atoms with Gasteiger partial charge in [-0.2, -0.15) is 0 Å². The van der Waals surface area contributed by atoms with Crippen molar-refractivity contribution in [3.05, 3.63) is 66.0 Å². The van der Waals surface area contributed by atoms with Crippen LogP contribution < -0.4 is 53.6 Å². The summed E-state index contributed by atoms with van der Waals surface area (Å²) in [5.74, 6) is -14.6. The molecule has 434 valence electrons. The van der Waals surface area contributed by atoms with Crippen LogP contribution in [0.5, 0.6) is 0 Å². The molecule has 0 saturated heterocycles. The molecule has 0 aliphatic heterocycles. The van der Waals surface area contributed by atoms with Gasteiger partial charge in [0.05, 0.1) is 19.1 Å². The van der Waals surface area contributed by atoms with Gasteiger partial charge in [-0.25, -0.2) is 0 Å². The molecular formula is C51H73N11O17. The number of carboxylic acid groups (broad SMARTS) is 3. The van der Waals surface area contributed by atoms with E-state index in [-0.39, 0.29) is 37.5 Å². The van der Waals surface area contributed by atoms with Crippen molar-refractivity contribution in [3.8, 4) is 0 Å². The van der Waals surface area contributed by atoms with Crippen LogP contribution in [0.25, 0.3) is 0 Å². The topological polar surface area (TPSA) is 450 Å². The average Bonchev–Trinajstić information content (AvgIpc) is 3.36. The molecule has 0 aliphatic rings. The van der Waals surface area contributed by atoms with Crippen molar-refractivity contribution in [1.29, 1.82) is 0 Å². The van der Waals surface area contributed by atoms with Crippen molar-refractivity contribution >= 4 is 77.0 Å². The third kappa shape index (κ3) is 25.9. The van der Waals surface area contributed by atoms with E-state index < -0.39 is 170 Å². The van der Waals surface area contributed by atoms with Crippen LogP contribution in [0.1, 0.15) is 97.6 Å². The molecular weight excluding hydrogens is 1040 g/mol. The number of aliphatic hydroxyl groups excluding tert-OH is 1. The Hall–Kier alpha value is -8.56. The molecule has 28 nitrogen and oxygen atoms in total. The first kappa shape index (κ1) is 66.6. The minimum absolute atomic E-state index is 0.0727. The number of rotatable bonds is 35. The van der Waals surface area contributed by atoms with Gasteiger partial charge in [0.1, 0.15) is 48.3 Å². The highest BCUT2D eigenvalue weighted by molar-refractivity contribution is 5.99. The Balaban J connectivity index is 2.38. The zero-order valence-corrected chi connectivity index (χ0v) is 44.7. The normalized spacial score (nSPS) is 14.4. The van der Waals surface area contributed by atoms with Crippen LogP contribution in [-0.2, 0) is 75.2 Å². The first-order valence-electron chi connectivity index (χ1n) is 25.3. The first-order valence-corrected chi connectivity index (χ1v) is 25.3. The lowest BCUT2D eigenvalue weighted by atomic mass is 10.0. The number of carboxylic acids is 3. The van der Waals surface area contributed by atoms with Crippen LogP contribution in [0.2, 0.25) is 0 Å². The average molecular weight is 1110 g/mol. The SMILES string of the molecule is CC(=O)N[C@@H](CC(C)C)C(=O)N[C@@H](CC(=O)O)C(=O)N[C@@H](CCC(=O)O)C(=O)N[C@@H](Cc1ccncc1)C(=O)N[C@H](C(=O)NCC(=O)N[C@@H](CCC(=O)O)C(=O)N[C@@H](Cc1ccccc1)C(=O)N[C@@H](CC(C)C)C(N)=O)[C@@H](C)O. The summed E-state index contributed by atoms with van der Waals surface area (Å²) in [4.78, 5) is 172. The molecule has 9 atom stereocenters. The Kier molecular flexibility index (Phi) is 28.3. The molecule has 0 aliphatic carbocycles. The molecule has 2 rings (SSSR count). The Morgan fingerprint density at radius 1 is 0.494 bits per heavy atom. The van der Waals surface area contributed by atoms with Gasteiger partial charge in [-0.1, -0.05) is 58.0 Å². The number of benzene rings is 1. The lowest BCUT2D eigenvalue weighted by molar-refractivity contribution is -0.142. The summed E-state index contributed by atoms with van der Waals surface area (Å²) in [6, 6.07) is -1.22. The van der Waals surface area contributed by atoms with E-state index in [9.17, 15) is 82.8 Å². The molecule has 0 spiro atoms. The predicted molar refractivity (Wildman–Crippen MR) is 278 cm³/mol. The third-order valence-electron chi connectivity index (χ3n) is 11.6. The number of nitrogens with one attached hydrogen (secondary N) is 9. The molecule has 1 aromatic heterocycles. The molecule has 10 amide bonds. The number of hydrogen-bond donors (Lipinski definition) is 14. The molecule has 28 heteroatoms. The first-order chi connectivity index (χ1) is 37.1. The van der Waals surface area contributed by atoms with Gasteiger partial charge in [0.25, 0.3) is 0 Å². The number of amides is 10. The summed E-state index contributed by atoms with van der Waals surface area (Å²) in [7, 11) is 0. The zero-order chi connectivity index (χ0) is 59.5. The van der Waals surface area contributed by atoms with E-state index in [1.807, 2.05) is 0 Å². The van der Waals surface area contributed by atoms with Gasteiger partial charge in [-0.15, -0.1) is 0 Å². The van der Waals surface area contributed by atoms with E-state index >= 15 is 0 Å². The van der Waals surface area contributed by atoms with Crippen LogP contribution in [0, 0.1) is 11.8 Å². The molecule has 0 bridgehead atoms. The molecule has 1 heterocycles. The van der Waals surface area contributed by atoms with Gasteiger partial charge in [0, 0.05) is 45.0 Å². The second kappa shape index (κ2) is 33.6. The van der Waals surface area contributed by atoms with Gasteiger partial charge in [0.2, 0.25) is 59.1 Å². The number of aromatic nitrogens is 1. The Bertz CT molecular complexity index is 2460. The van der Waals surface area contributed by atoms with Gasteiger partial charge in [-0.3, -0.25) is 67.3 Å². The van der Waals surface area contributed by atoms with Crippen molar-refractivity contribution in [2.75, 3.05) is 6.54 Å². The zero-order valence-electron chi connectivity index (χ0n) is 44.7. The molecule has 79 heavy (non-hydrogen) atoms. The molecule has 0 saturated carbocycles. The summed E-state index contributed by atoms with van der Waals surface area (Å²) in [5.41, 5.74) is 6.48. The van der Waals surface area contributed by atoms with Crippen LogP contribution in [0.3, 0.4) is 0 Å². The summed E-state index contributed by atoms with van der Waals surface area (Å²) >= 11 is 0. The maximum atomic E-state index is 14.1. The number of carbonyl (C=O) groups is 13. The number of hydrogen-bond acceptors (Lipinski definition) is 15. The smallest absolute Gasteiger partial charge is 0.305 e. The number of carbonyl (C=O) groups excluding carboxylic acids is 10. The molecule has 0 radical (unpaired) electrons. The van der Waals surface area contributed by atoms with E-state index in [1.165, 1.54) is 24.5 Å². The van der Waals surface area contributed by atoms with Crippen LogP contribution in [-0.4, -0.2) is 163 Å². The molecule has 15 N–H and O–H groups in total. The second-order valence-electron chi connectivity index (χ2n) is 19.5. The van der Waals surface area contributed by atoms with Crippen LogP contribution in [0.15, 0.2) is 54.9 Å². The van der Waals surface area contributed by atoms with Crippen molar-refractivity contribution in [2.45, 2.75) is 154 Å². The number of nitrogens with zero attached hydrogens (tertiary/aromatic N) is 1. The van der Waals surface area contributed by atoms with Crippen LogP contribution >= 0.6 is 0 Å². The van der Waals surface area contributed by atoms with E-state index in [2.05, 4.69) is 52.8 Å². The molecule has 1 aromatic carbocycles. The highest BCUT2D eigenvalue weighted by Crippen LogP contribution is 2.12. The Morgan fingerprint density at radius 2 is 0.911 bits per heavy atom. The summed E-state index contributed by atoms with van der Waals surface area (Å²) < 4.78 is 0. The van der Waals surface area contributed by atoms with Crippen molar-refractivity contribution < 1.29 is 82.8 Å². The highest BCUT2D eigenvalue weighted by Gasteiger charge is 2.36. The van der Waals surface area contributed by atoms with Gasteiger partial charge >= 0.3 is 17.9 Å². The summed E-state index contributed by atoms with van der Waals surface area (Å²) in [6.07, 6.45) is -2.79. The Labute approximate surface area is 455 Å². The van der Waals surface area contributed by atoms with Crippen molar-refractivity contribution in [2.24, 2.45) is 17.6 Å². The number of aliphatic carboxylic acids is 3. The van der Waals surface area contributed by atoms with E-state index in [4.69, 9.17) is 5.73 Å². The fourth-order valence-corrected chi connectivity index (χ4v) is 7.69. The van der Waals surface area contributed by atoms with E-state index in [1.54, 1.807) is 58.0 Å². The van der Waals surface area contributed by atoms with E-state index in [0.717, 1.165) is 13.8 Å². The maximum absolute atomic E-state index is 14.1. The molecule has 2 aromatic rings. The lowest BCUT2D eigenvalue weighted by Gasteiger charge is -2.27. The predicted octanol–water partition coefficient (Wildman–Crippen LogP) is -2.96. The number of primary amides is 1. The van der Waals surface area contributed by atoms with E-state index in [0.29, 0.717) is 11.1 Å².